The largest absolute Gasteiger partial charge is 0.399 e. The van der Waals surface area contributed by atoms with Crippen LogP contribution in [0.5, 0.6) is 0 Å². The van der Waals surface area contributed by atoms with Gasteiger partial charge in [0, 0.05) is 18.3 Å². The van der Waals surface area contributed by atoms with Crippen molar-refractivity contribution >= 4 is 21.6 Å². The molecule has 0 bridgehead atoms. The van der Waals surface area contributed by atoms with E-state index in [0.717, 1.165) is 30.4 Å². The first kappa shape index (κ1) is 15.1. The maximum atomic E-state index is 12.5. The summed E-state index contributed by atoms with van der Waals surface area (Å²) in [6, 6.07) is 3.64. The van der Waals surface area contributed by atoms with Gasteiger partial charge in [-0.2, -0.15) is 12.7 Å². The molecule has 0 aromatic heterocycles. The lowest BCUT2D eigenvalue weighted by molar-refractivity contribution is 0.270. The van der Waals surface area contributed by atoms with Gasteiger partial charge in [0.1, 0.15) is 0 Å². The number of nitrogens with two attached hydrogens (primary N) is 1. The van der Waals surface area contributed by atoms with E-state index in [-0.39, 0.29) is 6.04 Å². The smallest absolute Gasteiger partial charge is 0.301 e. The summed E-state index contributed by atoms with van der Waals surface area (Å²) in [5.41, 5.74) is 8.82. The highest BCUT2D eigenvalue weighted by molar-refractivity contribution is 7.90. The van der Waals surface area contributed by atoms with Crippen LogP contribution >= 0.6 is 0 Å². The summed E-state index contributed by atoms with van der Waals surface area (Å²) in [5, 5.41) is 0. The zero-order valence-electron chi connectivity index (χ0n) is 12.3. The fraction of sp³-hybridized carbons (Fsp3) is 0.571. The first-order chi connectivity index (χ1) is 9.31. The van der Waals surface area contributed by atoms with E-state index in [1.165, 1.54) is 0 Å². The van der Waals surface area contributed by atoms with E-state index < -0.39 is 10.2 Å². The predicted octanol–water partition coefficient (Wildman–Crippen LogP) is 2.42. The Kier molecular flexibility index (Phi) is 4.25. The maximum absolute atomic E-state index is 12.5. The quantitative estimate of drug-likeness (QED) is 0.841. The van der Waals surface area contributed by atoms with Crippen molar-refractivity contribution in [3.05, 3.63) is 23.3 Å². The van der Waals surface area contributed by atoms with Crippen LogP contribution in [0.4, 0.5) is 11.4 Å². The summed E-state index contributed by atoms with van der Waals surface area (Å²) < 4.78 is 29.2. The number of hydrogen-bond acceptors (Lipinski definition) is 3. The van der Waals surface area contributed by atoms with E-state index in [1.807, 2.05) is 20.8 Å². The van der Waals surface area contributed by atoms with Gasteiger partial charge < -0.3 is 5.73 Å². The fourth-order valence-electron chi connectivity index (χ4n) is 2.57. The van der Waals surface area contributed by atoms with Crippen LogP contribution < -0.4 is 10.5 Å². The standard InChI is InChI=1S/C14H23N3O2S/c1-10-9-14(11(2)8-13(10)15)16-20(18,19)17-7-5-4-6-12(17)3/h8-9,12,16H,4-7,15H2,1-3H3. The third kappa shape index (κ3) is 3.07. The van der Waals surface area contributed by atoms with Gasteiger partial charge in [0.05, 0.1) is 5.69 Å². The Bertz CT molecular complexity index is 599. The molecular weight excluding hydrogens is 274 g/mol. The Morgan fingerprint density at radius 2 is 1.95 bits per heavy atom. The fourth-order valence-corrected chi connectivity index (χ4v) is 4.14. The Hall–Kier alpha value is -1.27. The minimum atomic E-state index is -3.50. The zero-order chi connectivity index (χ0) is 14.9. The van der Waals surface area contributed by atoms with Crippen LogP contribution in [0, 0.1) is 13.8 Å². The molecule has 1 fully saturated rings. The number of benzene rings is 1. The number of nitrogens with one attached hydrogen (secondary N) is 1. The second-order valence-corrected chi connectivity index (χ2v) is 7.21. The van der Waals surface area contributed by atoms with Crippen molar-refractivity contribution < 1.29 is 8.42 Å². The monoisotopic (exact) mass is 297 g/mol. The third-order valence-electron chi connectivity index (χ3n) is 3.90. The number of nitrogens with zero attached hydrogens (tertiary/aromatic N) is 1. The van der Waals surface area contributed by atoms with Crippen LogP contribution in [0.15, 0.2) is 12.1 Å². The van der Waals surface area contributed by atoms with Crippen molar-refractivity contribution in [2.45, 2.75) is 46.1 Å². The van der Waals surface area contributed by atoms with E-state index in [1.54, 1.807) is 16.4 Å². The lowest BCUT2D eigenvalue weighted by Crippen LogP contribution is -2.44. The van der Waals surface area contributed by atoms with Crippen LogP contribution in [-0.2, 0) is 10.2 Å². The summed E-state index contributed by atoms with van der Waals surface area (Å²) in [7, 11) is -3.50. The van der Waals surface area contributed by atoms with Crippen LogP contribution in [0.2, 0.25) is 0 Å². The highest BCUT2D eigenvalue weighted by atomic mass is 32.2. The summed E-state index contributed by atoms with van der Waals surface area (Å²) in [6.07, 6.45) is 2.93. The van der Waals surface area contributed by atoms with Crippen molar-refractivity contribution in [2.24, 2.45) is 0 Å². The van der Waals surface area contributed by atoms with E-state index >= 15 is 0 Å². The summed E-state index contributed by atoms with van der Waals surface area (Å²) in [5.74, 6) is 0. The van der Waals surface area contributed by atoms with Gasteiger partial charge in [0.2, 0.25) is 0 Å². The van der Waals surface area contributed by atoms with Gasteiger partial charge in [0.25, 0.3) is 0 Å². The van der Waals surface area contributed by atoms with E-state index in [9.17, 15) is 8.42 Å². The van der Waals surface area contributed by atoms with Gasteiger partial charge in [-0.3, -0.25) is 4.72 Å². The van der Waals surface area contributed by atoms with Crippen LogP contribution in [-0.4, -0.2) is 25.3 Å². The first-order valence-electron chi connectivity index (χ1n) is 6.97. The molecule has 1 atom stereocenters. The molecule has 1 aliphatic heterocycles. The van der Waals surface area contributed by atoms with Crippen molar-refractivity contribution in [3.8, 4) is 0 Å². The Labute approximate surface area is 121 Å². The average Bonchev–Trinajstić information content (AvgIpc) is 2.36. The molecule has 0 radical (unpaired) electrons. The molecule has 1 aliphatic rings. The zero-order valence-corrected chi connectivity index (χ0v) is 13.1. The van der Waals surface area contributed by atoms with E-state index in [4.69, 9.17) is 5.73 Å². The summed E-state index contributed by atoms with van der Waals surface area (Å²) in [6.45, 7) is 6.27. The summed E-state index contributed by atoms with van der Waals surface area (Å²) >= 11 is 0. The SMILES string of the molecule is Cc1cc(NS(=O)(=O)N2CCCCC2C)c(C)cc1N. The molecule has 0 amide bonds. The minimum Gasteiger partial charge on any atom is -0.399 e. The molecule has 1 aromatic rings. The first-order valence-corrected chi connectivity index (χ1v) is 8.41. The van der Waals surface area contributed by atoms with Crippen molar-refractivity contribution in [1.29, 1.82) is 0 Å². The lowest BCUT2D eigenvalue weighted by atomic mass is 10.1. The Morgan fingerprint density at radius 3 is 2.60 bits per heavy atom. The number of hydrogen-bond donors (Lipinski definition) is 2. The number of piperidine rings is 1. The Morgan fingerprint density at radius 1 is 1.25 bits per heavy atom. The Balaban J connectivity index is 2.26. The molecule has 1 aromatic carbocycles. The van der Waals surface area contributed by atoms with Crippen molar-refractivity contribution in [1.82, 2.24) is 4.31 Å². The normalized spacial score (nSPS) is 20.9. The highest BCUT2D eigenvalue weighted by Gasteiger charge is 2.29. The number of rotatable bonds is 3. The van der Waals surface area contributed by atoms with Gasteiger partial charge in [-0.15, -0.1) is 0 Å². The van der Waals surface area contributed by atoms with Gasteiger partial charge in [-0.1, -0.05) is 6.42 Å². The summed E-state index contributed by atoms with van der Waals surface area (Å²) in [4.78, 5) is 0. The van der Waals surface area contributed by atoms with Crippen molar-refractivity contribution in [2.75, 3.05) is 17.0 Å². The molecule has 5 nitrogen and oxygen atoms in total. The second-order valence-electron chi connectivity index (χ2n) is 5.59. The number of anilines is 2. The maximum Gasteiger partial charge on any atom is 0.301 e. The van der Waals surface area contributed by atoms with Gasteiger partial charge in [0.15, 0.2) is 0 Å². The molecule has 1 unspecified atom stereocenters. The number of nitrogen functional groups attached to an aromatic ring is 1. The average molecular weight is 297 g/mol. The predicted molar refractivity (Wildman–Crippen MR) is 82.9 cm³/mol. The molecule has 0 aliphatic carbocycles. The molecule has 1 saturated heterocycles. The minimum absolute atomic E-state index is 0.0523. The van der Waals surface area contributed by atoms with Crippen LogP contribution in [0.1, 0.15) is 37.3 Å². The third-order valence-corrected chi connectivity index (χ3v) is 5.54. The molecule has 2 rings (SSSR count). The van der Waals surface area contributed by atoms with Crippen LogP contribution in [0.3, 0.4) is 0 Å². The molecule has 1 heterocycles. The molecule has 3 N–H and O–H groups in total. The molecule has 0 spiro atoms. The molecule has 0 saturated carbocycles. The highest BCUT2D eigenvalue weighted by Crippen LogP contribution is 2.26. The van der Waals surface area contributed by atoms with E-state index in [0.29, 0.717) is 17.9 Å². The molecule has 20 heavy (non-hydrogen) atoms. The number of aryl methyl sites for hydroxylation is 2. The van der Waals surface area contributed by atoms with E-state index in [2.05, 4.69) is 4.72 Å². The molecular formula is C14H23N3O2S. The topological polar surface area (TPSA) is 75.4 Å². The van der Waals surface area contributed by atoms with Gasteiger partial charge in [-0.25, -0.2) is 0 Å². The van der Waals surface area contributed by atoms with Crippen LogP contribution in [0.25, 0.3) is 0 Å². The van der Waals surface area contributed by atoms with Gasteiger partial charge >= 0.3 is 10.2 Å². The second kappa shape index (κ2) is 5.61. The van der Waals surface area contributed by atoms with Gasteiger partial charge in [-0.05, 0) is 56.9 Å². The lowest BCUT2D eigenvalue weighted by Gasteiger charge is -2.32. The van der Waals surface area contributed by atoms with Crippen molar-refractivity contribution in [3.63, 3.8) is 0 Å². The molecule has 112 valence electrons. The molecule has 6 heteroatoms.